The Morgan fingerprint density at radius 2 is 1.89 bits per heavy atom. The van der Waals surface area contributed by atoms with Crippen LogP contribution in [0, 0.1) is 13.8 Å². The first-order valence-electron chi connectivity index (χ1n) is 8.09. The number of ether oxygens (including phenoxy) is 2. The van der Waals surface area contributed by atoms with Gasteiger partial charge < -0.3 is 14.5 Å². The van der Waals surface area contributed by atoms with Gasteiger partial charge in [0.05, 0.1) is 28.5 Å². The van der Waals surface area contributed by atoms with E-state index in [0.717, 1.165) is 0 Å². The summed E-state index contributed by atoms with van der Waals surface area (Å²) in [7, 11) is 0. The highest BCUT2D eigenvalue weighted by Gasteiger charge is 2.28. The molecule has 144 valence electrons. The van der Waals surface area contributed by atoms with Gasteiger partial charge in [0.15, 0.2) is 6.10 Å². The van der Waals surface area contributed by atoms with E-state index in [2.05, 4.69) is 9.97 Å². The quantitative estimate of drug-likeness (QED) is 0.438. The van der Waals surface area contributed by atoms with Crippen LogP contribution >= 0.6 is 23.2 Å². The van der Waals surface area contributed by atoms with E-state index >= 15 is 0 Å². The zero-order valence-electron chi connectivity index (χ0n) is 15.2. The van der Waals surface area contributed by atoms with Crippen molar-refractivity contribution < 1.29 is 23.9 Å². The largest absolute Gasteiger partial charge is 0.462 e. The number of nitrogens with one attached hydrogen (secondary N) is 1. The summed E-state index contributed by atoms with van der Waals surface area (Å²) in [6.07, 6.45) is 0.107. The van der Waals surface area contributed by atoms with Gasteiger partial charge in [-0.2, -0.15) is 0 Å². The Morgan fingerprint density at radius 1 is 1.22 bits per heavy atom. The number of pyridine rings is 1. The van der Waals surface area contributed by atoms with E-state index in [0.29, 0.717) is 16.8 Å². The molecule has 0 aliphatic carbocycles. The number of rotatable bonds is 6. The second kappa shape index (κ2) is 8.54. The molecule has 0 spiro atoms. The third kappa shape index (κ3) is 4.48. The van der Waals surface area contributed by atoms with E-state index in [1.165, 1.54) is 19.2 Å². The first-order chi connectivity index (χ1) is 12.7. The first kappa shape index (κ1) is 20.9. The molecule has 0 saturated carbocycles. The normalized spacial score (nSPS) is 11.8. The average Bonchev–Trinajstić information content (AvgIpc) is 2.91. The number of nitrogens with zero attached hydrogens (tertiary/aromatic N) is 1. The highest BCUT2D eigenvalue weighted by Crippen LogP contribution is 2.23. The number of H-pyrrole nitrogens is 1. The number of Topliss-reactive ketones (excluding diaryl/α,β-unsaturated/α-hetero) is 1. The van der Waals surface area contributed by atoms with Crippen LogP contribution in [0.25, 0.3) is 0 Å². The Bertz CT molecular complexity index is 907. The van der Waals surface area contributed by atoms with Crippen molar-refractivity contribution >= 4 is 40.9 Å². The number of carbonyl (C=O) groups excluding carboxylic acids is 3. The van der Waals surface area contributed by atoms with Crippen LogP contribution in [0.5, 0.6) is 0 Å². The minimum Gasteiger partial charge on any atom is -0.462 e. The molecule has 0 bridgehead atoms. The summed E-state index contributed by atoms with van der Waals surface area (Å²) in [6, 6.07) is 1.30. The third-order valence-corrected chi connectivity index (χ3v) is 4.53. The molecule has 0 unspecified atom stereocenters. The number of esters is 2. The summed E-state index contributed by atoms with van der Waals surface area (Å²) in [6.45, 7) is 6.64. The van der Waals surface area contributed by atoms with E-state index < -0.39 is 23.8 Å². The summed E-state index contributed by atoms with van der Waals surface area (Å²) < 4.78 is 10.2. The van der Waals surface area contributed by atoms with Crippen molar-refractivity contribution in [3.05, 3.63) is 50.5 Å². The molecule has 2 heterocycles. The van der Waals surface area contributed by atoms with Gasteiger partial charge >= 0.3 is 11.9 Å². The van der Waals surface area contributed by atoms with Gasteiger partial charge in [0.25, 0.3) is 0 Å². The van der Waals surface area contributed by atoms with Crippen LogP contribution in [0.2, 0.25) is 10.2 Å². The predicted octanol–water partition coefficient (Wildman–Crippen LogP) is 3.94. The zero-order chi connectivity index (χ0) is 20.3. The summed E-state index contributed by atoms with van der Waals surface area (Å²) in [5, 5.41) is 0.154. The molecule has 0 amide bonds. The molecule has 27 heavy (non-hydrogen) atoms. The number of hydrogen-bond acceptors (Lipinski definition) is 6. The number of aryl methyl sites for hydroxylation is 1. The summed E-state index contributed by atoms with van der Waals surface area (Å²) in [5.41, 5.74) is 1.49. The monoisotopic (exact) mass is 412 g/mol. The maximum atomic E-state index is 12.7. The molecule has 0 aliphatic rings. The molecule has 0 aliphatic heterocycles. The van der Waals surface area contributed by atoms with Crippen molar-refractivity contribution in [1.29, 1.82) is 0 Å². The van der Waals surface area contributed by atoms with E-state index in [1.54, 1.807) is 20.8 Å². The van der Waals surface area contributed by atoms with Gasteiger partial charge in [0.1, 0.15) is 5.15 Å². The molecule has 0 radical (unpaired) electrons. The van der Waals surface area contributed by atoms with E-state index in [-0.39, 0.29) is 28.0 Å². The number of carbonyl (C=O) groups is 3. The van der Waals surface area contributed by atoms with Crippen LogP contribution < -0.4 is 0 Å². The minimum absolute atomic E-state index is 0.0568. The van der Waals surface area contributed by atoms with Crippen LogP contribution in [0.4, 0.5) is 0 Å². The van der Waals surface area contributed by atoms with Crippen LogP contribution in [0.3, 0.4) is 0 Å². The van der Waals surface area contributed by atoms with Gasteiger partial charge in [-0.1, -0.05) is 23.2 Å². The molecule has 0 aromatic carbocycles. The Labute approximate surface area is 166 Å². The van der Waals surface area contributed by atoms with Gasteiger partial charge in [0.2, 0.25) is 5.78 Å². The fourth-order valence-corrected chi connectivity index (χ4v) is 2.79. The van der Waals surface area contributed by atoms with Crippen molar-refractivity contribution in [2.45, 2.75) is 33.8 Å². The topological polar surface area (TPSA) is 98.4 Å². The van der Waals surface area contributed by atoms with Gasteiger partial charge in [-0.25, -0.2) is 14.6 Å². The van der Waals surface area contributed by atoms with Crippen molar-refractivity contribution in [1.82, 2.24) is 9.97 Å². The lowest BCUT2D eigenvalue weighted by atomic mass is 10.1. The molecule has 0 fully saturated rings. The number of halogens is 2. The molecule has 9 heteroatoms. The smallest absolute Gasteiger partial charge is 0.340 e. The second-order valence-corrected chi connectivity index (χ2v) is 6.52. The lowest BCUT2D eigenvalue weighted by Crippen LogP contribution is -2.25. The number of hydrogen-bond donors (Lipinski definition) is 1. The molecule has 1 atom stereocenters. The number of ketones is 1. The first-order valence-corrected chi connectivity index (χ1v) is 8.85. The fraction of sp³-hybridized carbons (Fsp3) is 0.333. The molecule has 2 rings (SSSR count). The van der Waals surface area contributed by atoms with Crippen molar-refractivity contribution in [2.75, 3.05) is 6.61 Å². The highest BCUT2D eigenvalue weighted by molar-refractivity contribution is 6.41. The van der Waals surface area contributed by atoms with E-state index in [9.17, 15) is 14.4 Å². The standard InChI is InChI=1S/C18H18Cl2N2O5/c1-5-26-18(25)13-8(2)14(22-9(13)3)15(23)10(4)27-17(24)11-6-12(19)16(20)21-7-11/h6-7,10,22H,5H2,1-4H3/t10-/m0/s1. The second-order valence-electron chi connectivity index (χ2n) is 5.75. The molecular weight excluding hydrogens is 395 g/mol. The molecule has 1 N–H and O–H groups in total. The van der Waals surface area contributed by atoms with Crippen molar-refractivity contribution in [3.8, 4) is 0 Å². The van der Waals surface area contributed by atoms with Crippen LogP contribution in [-0.2, 0) is 9.47 Å². The summed E-state index contributed by atoms with van der Waals surface area (Å²) in [5.74, 6) is -1.77. The van der Waals surface area contributed by atoms with Gasteiger partial charge in [-0.15, -0.1) is 0 Å². The van der Waals surface area contributed by atoms with E-state index in [4.69, 9.17) is 32.7 Å². The van der Waals surface area contributed by atoms with Crippen molar-refractivity contribution in [2.24, 2.45) is 0 Å². The molecule has 2 aromatic rings. The minimum atomic E-state index is -1.10. The predicted molar refractivity (Wildman–Crippen MR) is 99.7 cm³/mol. The summed E-state index contributed by atoms with van der Waals surface area (Å²) >= 11 is 11.5. The SMILES string of the molecule is CCOC(=O)c1c(C)[nH]c(C(=O)[C@H](C)OC(=O)c2cnc(Cl)c(Cl)c2)c1C. The third-order valence-electron chi connectivity index (χ3n) is 3.85. The Kier molecular flexibility index (Phi) is 6.62. The molecule has 2 aromatic heterocycles. The van der Waals surface area contributed by atoms with Gasteiger partial charge in [-0.3, -0.25) is 4.79 Å². The average molecular weight is 413 g/mol. The maximum Gasteiger partial charge on any atom is 0.340 e. The fourth-order valence-electron chi connectivity index (χ4n) is 2.52. The Balaban J connectivity index is 2.20. The Morgan fingerprint density at radius 3 is 2.48 bits per heavy atom. The number of aromatic nitrogens is 2. The van der Waals surface area contributed by atoms with Crippen LogP contribution in [-0.4, -0.2) is 40.4 Å². The highest BCUT2D eigenvalue weighted by atomic mass is 35.5. The maximum absolute atomic E-state index is 12.7. The molecular formula is C18H18Cl2N2O5. The van der Waals surface area contributed by atoms with Gasteiger partial charge in [0, 0.05) is 11.9 Å². The lowest BCUT2D eigenvalue weighted by Gasteiger charge is -2.12. The van der Waals surface area contributed by atoms with Crippen molar-refractivity contribution in [3.63, 3.8) is 0 Å². The van der Waals surface area contributed by atoms with E-state index in [1.807, 2.05) is 0 Å². The van der Waals surface area contributed by atoms with Crippen LogP contribution in [0.1, 0.15) is 56.3 Å². The van der Waals surface area contributed by atoms with Crippen LogP contribution in [0.15, 0.2) is 12.3 Å². The lowest BCUT2D eigenvalue weighted by molar-refractivity contribution is 0.0316. The zero-order valence-corrected chi connectivity index (χ0v) is 16.7. The molecule has 7 nitrogen and oxygen atoms in total. The molecule has 0 saturated heterocycles. The number of aromatic amines is 1. The Hall–Kier alpha value is -2.38. The van der Waals surface area contributed by atoms with Gasteiger partial charge in [-0.05, 0) is 39.3 Å². The summed E-state index contributed by atoms with van der Waals surface area (Å²) in [4.78, 5) is 43.6.